The second kappa shape index (κ2) is 8.56. The zero-order valence-corrected chi connectivity index (χ0v) is 15.8. The van der Waals surface area contributed by atoms with Gasteiger partial charge in [0.05, 0.1) is 0 Å². The predicted molar refractivity (Wildman–Crippen MR) is 105 cm³/mol. The van der Waals surface area contributed by atoms with E-state index < -0.39 is 0 Å². The minimum atomic E-state index is 0.371. The number of benzene rings is 2. The van der Waals surface area contributed by atoms with Crippen LogP contribution in [0.3, 0.4) is 0 Å². The Labute approximate surface area is 156 Å². The van der Waals surface area contributed by atoms with Crippen LogP contribution in [0.15, 0.2) is 36.4 Å². The van der Waals surface area contributed by atoms with Crippen molar-refractivity contribution < 1.29 is 10.2 Å². The van der Waals surface area contributed by atoms with E-state index in [0.29, 0.717) is 36.7 Å². The zero-order chi connectivity index (χ0) is 18.5. The van der Waals surface area contributed by atoms with Crippen LogP contribution in [0.1, 0.15) is 47.9 Å². The van der Waals surface area contributed by atoms with Crippen LogP contribution in [-0.2, 0) is 13.1 Å². The first-order valence-electron chi connectivity index (χ1n) is 9.58. The number of nitrogens with one attached hydrogen (secondary N) is 2. The highest BCUT2D eigenvalue weighted by molar-refractivity contribution is 5.40. The Hall–Kier alpha value is -2.04. The van der Waals surface area contributed by atoms with Crippen molar-refractivity contribution in [2.45, 2.75) is 64.7 Å². The number of hydrogen-bond acceptors (Lipinski definition) is 4. The first-order valence-corrected chi connectivity index (χ1v) is 9.58. The molecule has 0 aromatic heterocycles. The van der Waals surface area contributed by atoms with Crippen LogP contribution in [0.5, 0.6) is 11.5 Å². The van der Waals surface area contributed by atoms with Crippen LogP contribution in [0.2, 0.25) is 0 Å². The van der Waals surface area contributed by atoms with Gasteiger partial charge in [0.25, 0.3) is 0 Å². The molecule has 0 amide bonds. The molecule has 0 spiro atoms. The van der Waals surface area contributed by atoms with Crippen LogP contribution in [0.25, 0.3) is 0 Å². The molecule has 0 heterocycles. The molecule has 26 heavy (non-hydrogen) atoms. The fourth-order valence-electron chi connectivity index (χ4n) is 3.83. The maximum absolute atomic E-state index is 10.2. The SMILES string of the molecule is Cc1cccc(CNC2CCCC[C@@H]2NCc2cccc(C)c2O)c1O. The van der Waals surface area contributed by atoms with Crippen LogP contribution < -0.4 is 10.6 Å². The number of hydrogen-bond donors (Lipinski definition) is 4. The van der Waals surface area contributed by atoms with Gasteiger partial charge in [0.1, 0.15) is 11.5 Å². The van der Waals surface area contributed by atoms with Crippen molar-refractivity contribution in [2.24, 2.45) is 0 Å². The third-order valence-corrected chi connectivity index (χ3v) is 5.52. The molecule has 1 aliphatic rings. The van der Waals surface area contributed by atoms with E-state index >= 15 is 0 Å². The van der Waals surface area contributed by atoms with Gasteiger partial charge in [0.2, 0.25) is 0 Å². The van der Waals surface area contributed by atoms with Crippen molar-refractivity contribution >= 4 is 0 Å². The number of aromatic hydroxyl groups is 2. The largest absolute Gasteiger partial charge is 0.507 e. The average molecular weight is 354 g/mol. The molecule has 0 aliphatic heterocycles. The van der Waals surface area contributed by atoms with Gasteiger partial charge in [-0.3, -0.25) is 0 Å². The summed E-state index contributed by atoms with van der Waals surface area (Å²) in [6.45, 7) is 5.20. The quantitative estimate of drug-likeness (QED) is 0.635. The van der Waals surface area contributed by atoms with Crippen molar-refractivity contribution in [2.75, 3.05) is 0 Å². The molecule has 0 radical (unpaired) electrons. The van der Waals surface area contributed by atoms with E-state index in [0.717, 1.165) is 35.1 Å². The maximum atomic E-state index is 10.2. The molecule has 1 unspecified atom stereocenters. The first-order chi connectivity index (χ1) is 12.6. The minimum absolute atomic E-state index is 0.371. The minimum Gasteiger partial charge on any atom is -0.507 e. The fourth-order valence-corrected chi connectivity index (χ4v) is 3.83. The lowest BCUT2D eigenvalue weighted by Gasteiger charge is -2.33. The van der Waals surface area contributed by atoms with Gasteiger partial charge < -0.3 is 20.8 Å². The van der Waals surface area contributed by atoms with E-state index in [2.05, 4.69) is 10.6 Å². The lowest BCUT2D eigenvalue weighted by molar-refractivity contribution is 0.279. The van der Waals surface area contributed by atoms with Gasteiger partial charge in [0.15, 0.2) is 0 Å². The second-order valence-electron chi connectivity index (χ2n) is 7.42. The Balaban J connectivity index is 1.61. The number of phenols is 2. The van der Waals surface area contributed by atoms with Crippen LogP contribution in [-0.4, -0.2) is 22.3 Å². The lowest BCUT2D eigenvalue weighted by Crippen LogP contribution is -2.49. The molecule has 1 aliphatic carbocycles. The van der Waals surface area contributed by atoms with Gasteiger partial charge in [-0.05, 0) is 37.8 Å². The molecule has 2 aromatic carbocycles. The predicted octanol–water partition coefficient (Wildman–Crippen LogP) is 3.91. The molecule has 2 atom stereocenters. The first kappa shape index (κ1) is 18.7. The van der Waals surface area contributed by atoms with E-state index in [4.69, 9.17) is 0 Å². The normalized spacial score (nSPS) is 20.2. The molecule has 0 bridgehead atoms. The topological polar surface area (TPSA) is 64.5 Å². The summed E-state index contributed by atoms with van der Waals surface area (Å²) in [5.74, 6) is 0.787. The molecule has 2 aromatic rings. The highest BCUT2D eigenvalue weighted by atomic mass is 16.3. The van der Waals surface area contributed by atoms with E-state index in [-0.39, 0.29) is 0 Å². The Kier molecular flexibility index (Phi) is 6.17. The average Bonchev–Trinajstić information content (AvgIpc) is 2.65. The fraction of sp³-hybridized carbons (Fsp3) is 0.455. The van der Waals surface area contributed by atoms with E-state index in [1.807, 2.05) is 50.2 Å². The maximum Gasteiger partial charge on any atom is 0.122 e. The standard InChI is InChI=1S/C22H30N2O2/c1-15-7-5-9-17(21(15)25)13-23-19-11-3-4-12-20(19)24-14-18-10-6-8-16(2)22(18)26/h5-10,19-20,23-26H,3-4,11-14H2,1-2H3/t19-,20?/m0/s1. The van der Waals surface area contributed by atoms with Gasteiger partial charge in [-0.25, -0.2) is 0 Å². The highest BCUT2D eigenvalue weighted by Gasteiger charge is 2.24. The van der Waals surface area contributed by atoms with Gasteiger partial charge in [-0.15, -0.1) is 0 Å². The van der Waals surface area contributed by atoms with E-state index in [9.17, 15) is 10.2 Å². The summed E-state index contributed by atoms with van der Waals surface area (Å²) in [7, 11) is 0. The zero-order valence-electron chi connectivity index (χ0n) is 15.8. The summed E-state index contributed by atoms with van der Waals surface area (Å²) >= 11 is 0. The van der Waals surface area contributed by atoms with Gasteiger partial charge in [-0.2, -0.15) is 0 Å². The summed E-state index contributed by atoms with van der Waals surface area (Å²) in [5.41, 5.74) is 3.73. The summed E-state index contributed by atoms with van der Waals surface area (Å²) in [5, 5.41) is 27.7. The van der Waals surface area contributed by atoms with E-state index in [1.54, 1.807) is 0 Å². The second-order valence-corrected chi connectivity index (χ2v) is 7.42. The van der Waals surface area contributed by atoms with Crippen molar-refractivity contribution in [3.63, 3.8) is 0 Å². The Morgan fingerprint density at radius 1 is 0.769 bits per heavy atom. The molecule has 0 saturated heterocycles. The van der Waals surface area contributed by atoms with Gasteiger partial charge in [0, 0.05) is 36.3 Å². The summed E-state index contributed by atoms with van der Waals surface area (Å²) in [6, 6.07) is 12.5. The smallest absolute Gasteiger partial charge is 0.122 e. The van der Waals surface area contributed by atoms with Crippen molar-refractivity contribution in [3.05, 3.63) is 58.7 Å². The monoisotopic (exact) mass is 354 g/mol. The number of rotatable bonds is 6. The van der Waals surface area contributed by atoms with Gasteiger partial charge >= 0.3 is 0 Å². The number of phenolic OH excluding ortho intramolecular Hbond substituents is 2. The molecule has 3 rings (SSSR count). The molecule has 1 fully saturated rings. The molecule has 4 N–H and O–H groups in total. The Morgan fingerprint density at radius 3 is 1.62 bits per heavy atom. The molecular formula is C22H30N2O2. The molecule has 1 saturated carbocycles. The van der Waals surface area contributed by atoms with Crippen molar-refractivity contribution in [1.29, 1.82) is 0 Å². The van der Waals surface area contributed by atoms with Crippen LogP contribution >= 0.6 is 0 Å². The Bertz CT molecular complexity index is 681. The number of aryl methyl sites for hydroxylation is 2. The van der Waals surface area contributed by atoms with Crippen molar-refractivity contribution in [3.8, 4) is 11.5 Å². The summed E-state index contributed by atoms with van der Waals surface area (Å²) in [4.78, 5) is 0. The lowest BCUT2D eigenvalue weighted by atomic mass is 9.89. The third-order valence-electron chi connectivity index (χ3n) is 5.52. The summed E-state index contributed by atoms with van der Waals surface area (Å²) in [6.07, 6.45) is 4.71. The third kappa shape index (κ3) is 4.37. The number of para-hydroxylation sites is 2. The summed E-state index contributed by atoms with van der Waals surface area (Å²) < 4.78 is 0. The molecule has 4 heteroatoms. The van der Waals surface area contributed by atoms with E-state index in [1.165, 1.54) is 12.8 Å². The Morgan fingerprint density at radius 2 is 1.19 bits per heavy atom. The molecule has 140 valence electrons. The van der Waals surface area contributed by atoms with Gasteiger partial charge in [-0.1, -0.05) is 49.2 Å². The van der Waals surface area contributed by atoms with Crippen molar-refractivity contribution in [1.82, 2.24) is 10.6 Å². The molecule has 4 nitrogen and oxygen atoms in total. The molecular weight excluding hydrogens is 324 g/mol. The van der Waals surface area contributed by atoms with Crippen LogP contribution in [0.4, 0.5) is 0 Å². The van der Waals surface area contributed by atoms with Crippen LogP contribution in [0, 0.1) is 13.8 Å². The highest BCUT2D eigenvalue weighted by Crippen LogP contribution is 2.25.